The van der Waals surface area contributed by atoms with Crippen molar-refractivity contribution in [2.45, 2.75) is 0 Å². The van der Waals surface area contributed by atoms with Crippen molar-refractivity contribution in [2.24, 2.45) is 0 Å². The van der Waals surface area contributed by atoms with Gasteiger partial charge in [-0.2, -0.15) is 0 Å². The van der Waals surface area contributed by atoms with Crippen molar-refractivity contribution >= 4 is 54.0 Å². The maximum Gasteiger partial charge on any atom is 0.188 e. The molecule has 0 unspecified atom stereocenters. The van der Waals surface area contributed by atoms with Crippen molar-refractivity contribution in [2.75, 3.05) is 5.32 Å². The van der Waals surface area contributed by atoms with Gasteiger partial charge in [0.1, 0.15) is 10.4 Å². The first-order chi connectivity index (χ1) is 7.15. The lowest BCUT2D eigenvalue weighted by molar-refractivity contribution is 0.628. The Bertz CT molecular complexity index is 487. The highest BCUT2D eigenvalue weighted by Crippen LogP contribution is 2.29. The Morgan fingerprint density at radius 3 is 2.80 bits per heavy atom. The first-order valence-electron chi connectivity index (χ1n) is 3.98. The lowest BCUT2D eigenvalue weighted by Crippen LogP contribution is -1.91. The molecular weight excluding hydrogens is 347 g/mol. The SMILES string of the molecule is Fc1ccc(Br)c(Nc2nc(Br)cs2)c1. The molecular formula is C9H5Br2FN2S. The number of halogens is 3. The fourth-order valence-corrected chi connectivity index (χ4v) is 2.52. The maximum atomic E-state index is 13.0. The van der Waals surface area contributed by atoms with Gasteiger partial charge >= 0.3 is 0 Å². The van der Waals surface area contributed by atoms with Gasteiger partial charge in [-0.05, 0) is 50.1 Å². The van der Waals surface area contributed by atoms with E-state index in [1.54, 1.807) is 6.07 Å². The van der Waals surface area contributed by atoms with E-state index in [-0.39, 0.29) is 5.82 Å². The normalized spacial score (nSPS) is 10.3. The number of anilines is 2. The lowest BCUT2D eigenvalue weighted by Gasteiger charge is -2.04. The summed E-state index contributed by atoms with van der Waals surface area (Å²) in [6, 6.07) is 4.47. The molecule has 2 nitrogen and oxygen atoms in total. The van der Waals surface area contributed by atoms with Gasteiger partial charge in [-0.25, -0.2) is 9.37 Å². The lowest BCUT2D eigenvalue weighted by atomic mass is 10.3. The van der Waals surface area contributed by atoms with Crippen LogP contribution in [0.2, 0.25) is 0 Å². The summed E-state index contributed by atoms with van der Waals surface area (Å²) in [4.78, 5) is 4.16. The first kappa shape index (κ1) is 11.0. The van der Waals surface area contributed by atoms with Gasteiger partial charge in [0.2, 0.25) is 0 Å². The van der Waals surface area contributed by atoms with Crippen molar-refractivity contribution in [3.05, 3.63) is 38.5 Å². The molecule has 0 bridgehead atoms. The van der Waals surface area contributed by atoms with E-state index in [1.807, 2.05) is 5.38 Å². The molecule has 2 aromatic rings. The van der Waals surface area contributed by atoms with Gasteiger partial charge < -0.3 is 5.32 Å². The number of nitrogens with zero attached hydrogens (tertiary/aromatic N) is 1. The Kier molecular flexibility index (Phi) is 3.38. The zero-order valence-corrected chi connectivity index (χ0v) is 11.3. The van der Waals surface area contributed by atoms with Gasteiger partial charge in [0.15, 0.2) is 5.13 Å². The van der Waals surface area contributed by atoms with Crippen LogP contribution in [0.4, 0.5) is 15.2 Å². The van der Waals surface area contributed by atoms with Crippen LogP contribution in [0.25, 0.3) is 0 Å². The Labute approximate surface area is 107 Å². The summed E-state index contributed by atoms with van der Waals surface area (Å²) < 4.78 is 14.5. The first-order valence-corrected chi connectivity index (χ1v) is 6.45. The van der Waals surface area contributed by atoms with Crippen LogP contribution in [0, 0.1) is 5.82 Å². The van der Waals surface area contributed by atoms with Gasteiger partial charge in [-0.15, -0.1) is 11.3 Å². The maximum absolute atomic E-state index is 13.0. The van der Waals surface area contributed by atoms with Gasteiger partial charge in [0.25, 0.3) is 0 Å². The van der Waals surface area contributed by atoms with E-state index in [9.17, 15) is 4.39 Å². The molecule has 1 heterocycles. The van der Waals surface area contributed by atoms with E-state index in [2.05, 4.69) is 42.2 Å². The van der Waals surface area contributed by atoms with Crippen LogP contribution in [0.15, 0.2) is 32.7 Å². The van der Waals surface area contributed by atoms with Crippen molar-refractivity contribution in [3.63, 3.8) is 0 Å². The number of aromatic nitrogens is 1. The molecule has 1 aromatic carbocycles. The molecule has 0 saturated heterocycles. The van der Waals surface area contributed by atoms with Gasteiger partial charge in [-0.3, -0.25) is 0 Å². The molecule has 0 spiro atoms. The molecule has 0 saturated carbocycles. The second-order valence-electron chi connectivity index (χ2n) is 2.72. The molecule has 0 fully saturated rings. The third-order valence-corrected chi connectivity index (χ3v) is 3.80. The van der Waals surface area contributed by atoms with Crippen molar-refractivity contribution < 1.29 is 4.39 Å². The summed E-state index contributed by atoms with van der Waals surface area (Å²) >= 11 is 8.03. The minimum Gasteiger partial charge on any atom is -0.330 e. The molecule has 0 atom stereocenters. The van der Waals surface area contributed by atoms with Gasteiger partial charge in [-0.1, -0.05) is 0 Å². The summed E-state index contributed by atoms with van der Waals surface area (Å²) in [5.74, 6) is -0.281. The van der Waals surface area contributed by atoms with Crippen LogP contribution >= 0.6 is 43.2 Å². The Morgan fingerprint density at radius 1 is 1.33 bits per heavy atom. The third-order valence-electron chi connectivity index (χ3n) is 1.65. The predicted molar refractivity (Wildman–Crippen MR) is 67.2 cm³/mol. The quantitative estimate of drug-likeness (QED) is 0.858. The number of benzene rings is 1. The van der Waals surface area contributed by atoms with Crippen molar-refractivity contribution in [3.8, 4) is 0 Å². The highest BCUT2D eigenvalue weighted by atomic mass is 79.9. The van der Waals surface area contributed by atoms with E-state index in [4.69, 9.17) is 0 Å². The van der Waals surface area contributed by atoms with Crippen molar-refractivity contribution in [1.82, 2.24) is 4.98 Å². The monoisotopic (exact) mass is 350 g/mol. The molecule has 0 aliphatic rings. The standard InChI is InChI=1S/C9H5Br2FN2S/c10-6-2-1-5(12)3-7(6)13-9-14-8(11)4-15-9/h1-4H,(H,13,14). The molecule has 1 aromatic heterocycles. The molecule has 0 aliphatic heterocycles. The average molecular weight is 352 g/mol. The second-order valence-corrected chi connectivity index (χ2v) is 5.25. The van der Waals surface area contributed by atoms with Crippen LogP contribution in [0.3, 0.4) is 0 Å². The Morgan fingerprint density at radius 2 is 2.13 bits per heavy atom. The predicted octanol–water partition coefficient (Wildman–Crippen LogP) is 4.55. The van der Waals surface area contributed by atoms with Crippen molar-refractivity contribution in [1.29, 1.82) is 0 Å². The smallest absolute Gasteiger partial charge is 0.188 e. The van der Waals surface area contributed by atoms with Crippen LogP contribution in [0.1, 0.15) is 0 Å². The van der Waals surface area contributed by atoms with Crippen LogP contribution in [-0.2, 0) is 0 Å². The Hall–Kier alpha value is -0.460. The second kappa shape index (κ2) is 4.59. The van der Waals surface area contributed by atoms with E-state index in [1.165, 1.54) is 23.5 Å². The summed E-state index contributed by atoms with van der Waals surface area (Å²) in [5, 5.41) is 5.60. The van der Waals surface area contributed by atoms with Crippen LogP contribution in [0.5, 0.6) is 0 Å². The molecule has 78 valence electrons. The molecule has 0 amide bonds. The number of nitrogens with one attached hydrogen (secondary N) is 1. The fourth-order valence-electron chi connectivity index (χ4n) is 1.02. The topological polar surface area (TPSA) is 24.9 Å². The molecule has 2 rings (SSSR count). The average Bonchev–Trinajstić information content (AvgIpc) is 2.58. The van der Waals surface area contributed by atoms with Gasteiger partial charge in [0.05, 0.1) is 5.69 Å². The summed E-state index contributed by atoms with van der Waals surface area (Å²) in [6.45, 7) is 0. The van der Waals surface area contributed by atoms with E-state index in [0.29, 0.717) is 10.8 Å². The number of thiazole rings is 1. The van der Waals surface area contributed by atoms with E-state index >= 15 is 0 Å². The van der Waals surface area contributed by atoms with E-state index in [0.717, 1.165) is 9.08 Å². The van der Waals surface area contributed by atoms with Crippen LogP contribution in [-0.4, -0.2) is 4.98 Å². The molecule has 1 N–H and O–H groups in total. The summed E-state index contributed by atoms with van der Waals surface area (Å²) in [6.07, 6.45) is 0. The molecule has 15 heavy (non-hydrogen) atoms. The van der Waals surface area contributed by atoms with Crippen LogP contribution < -0.4 is 5.32 Å². The third kappa shape index (κ3) is 2.76. The Balaban J connectivity index is 2.27. The number of hydrogen-bond donors (Lipinski definition) is 1. The fraction of sp³-hybridized carbons (Fsp3) is 0. The number of rotatable bonds is 2. The zero-order valence-electron chi connectivity index (χ0n) is 7.30. The largest absolute Gasteiger partial charge is 0.330 e. The van der Waals surface area contributed by atoms with Gasteiger partial charge in [0, 0.05) is 9.85 Å². The molecule has 0 radical (unpaired) electrons. The highest BCUT2D eigenvalue weighted by molar-refractivity contribution is 9.10. The molecule has 0 aliphatic carbocycles. The highest BCUT2D eigenvalue weighted by Gasteiger charge is 2.04. The van der Waals surface area contributed by atoms with E-state index < -0.39 is 0 Å². The summed E-state index contributed by atoms with van der Waals surface area (Å²) in [7, 11) is 0. The minimum absolute atomic E-state index is 0.281. The molecule has 6 heteroatoms. The number of hydrogen-bond acceptors (Lipinski definition) is 3. The zero-order chi connectivity index (χ0) is 10.8. The summed E-state index contributed by atoms with van der Waals surface area (Å²) in [5.41, 5.74) is 0.664. The minimum atomic E-state index is -0.281.